The Morgan fingerprint density at radius 1 is 1.38 bits per heavy atom. The highest BCUT2D eigenvalue weighted by molar-refractivity contribution is 4.83. The lowest BCUT2D eigenvalue weighted by atomic mass is 9.67. The molecule has 0 bridgehead atoms. The Kier molecular flexibility index (Phi) is 1.57. The van der Waals surface area contributed by atoms with Crippen LogP contribution in [0.1, 0.15) is 20.3 Å². The highest BCUT2D eigenvalue weighted by Gasteiger charge is 2.32. The zero-order valence-electron chi connectivity index (χ0n) is 5.72. The van der Waals surface area contributed by atoms with Gasteiger partial charge in [-0.15, -0.1) is 0 Å². The molecule has 0 radical (unpaired) electrons. The van der Waals surface area contributed by atoms with Crippen LogP contribution in [0.5, 0.6) is 0 Å². The zero-order valence-corrected chi connectivity index (χ0v) is 5.72. The molecule has 0 heterocycles. The molecule has 1 aliphatic carbocycles. The lowest BCUT2D eigenvalue weighted by Crippen LogP contribution is -2.38. The molecule has 2 atom stereocenters. The summed E-state index contributed by atoms with van der Waals surface area (Å²) in [5.74, 6) is 2.62. The SMILES string of the molecule is CC1CC(C)C1CN. The zero-order chi connectivity index (χ0) is 6.15. The second-order valence-electron chi connectivity index (χ2n) is 3.09. The molecule has 0 aromatic carbocycles. The third-order valence-corrected chi connectivity index (χ3v) is 2.48. The first-order valence-electron chi connectivity index (χ1n) is 3.45. The minimum atomic E-state index is 0.829. The van der Waals surface area contributed by atoms with E-state index in [-0.39, 0.29) is 0 Å². The lowest BCUT2D eigenvalue weighted by Gasteiger charge is -2.40. The highest BCUT2D eigenvalue weighted by atomic mass is 14.6. The minimum Gasteiger partial charge on any atom is -0.330 e. The second kappa shape index (κ2) is 2.06. The molecule has 1 nitrogen and oxygen atoms in total. The van der Waals surface area contributed by atoms with Gasteiger partial charge in [-0.1, -0.05) is 13.8 Å². The predicted octanol–water partition coefficient (Wildman–Crippen LogP) is 1.24. The van der Waals surface area contributed by atoms with Gasteiger partial charge in [0.15, 0.2) is 0 Å². The first-order chi connectivity index (χ1) is 3.75. The summed E-state index contributed by atoms with van der Waals surface area (Å²) in [6.45, 7) is 5.47. The van der Waals surface area contributed by atoms with Crippen LogP contribution in [0, 0.1) is 17.8 Å². The number of rotatable bonds is 1. The minimum absolute atomic E-state index is 0.829. The van der Waals surface area contributed by atoms with E-state index in [4.69, 9.17) is 5.73 Å². The molecule has 1 saturated carbocycles. The summed E-state index contributed by atoms with van der Waals surface area (Å²) in [5, 5.41) is 0. The van der Waals surface area contributed by atoms with Gasteiger partial charge in [-0.3, -0.25) is 0 Å². The molecule has 2 unspecified atom stereocenters. The predicted molar refractivity (Wildman–Crippen MR) is 35.5 cm³/mol. The molecule has 2 N–H and O–H groups in total. The molecule has 0 spiro atoms. The molecule has 1 heteroatoms. The van der Waals surface area contributed by atoms with Crippen LogP contribution in [-0.2, 0) is 0 Å². The molecule has 0 aromatic heterocycles. The van der Waals surface area contributed by atoms with Crippen molar-refractivity contribution in [2.24, 2.45) is 23.5 Å². The van der Waals surface area contributed by atoms with Gasteiger partial charge >= 0.3 is 0 Å². The van der Waals surface area contributed by atoms with Crippen LogP contribution in [0.4, 0.5) is 0 Å². The first-order valence-corrected chi connectivity index (χ1v) is 3.45. The number of nitrogens with two attached hydrogens (primary N) is 1. The van der Waals surface area contributed by atoms with Crippen LogP contribution < -0.4 is 5.73 Å². The molecule has 0 saturated heterocycles. The van der Waals surface area contributed by atoms with E-state index < -0.39 is 0 Å². The van der Waals surface area contributed by atoms with Crippen molar-refractivity contribution >= 4 is 0 Å². The Morgan fingerprint density at radius 3 is 2.00 bits per heavy atom. The largest absolute Gasteiger partial charge is 0.330 e. The molecule has 1 aliphatic rings. The van der Waals surface area contributed by atoms with Gasteiger partial charge < -0.3 is 5.73 Å². The molecule has 1 rings (SSSR count). The van der Waals surface area contributed by atoms with Gasteiger partial charge in [0.05, 0.1) is 0 Å². The Bertz CT molecular complexity index is 72.5. The number of hydrogen-bond acceptors (Lipinski definition) is 1. The summed E-state index contributed by atoms with van der Waals surface area (Å²) in [5.41, 5.74) is 5.51. The molecule has 0 amide bonds. The summed E-state index contributed by atoms with van der Waals surface area (Å²) in [6, 6.07) is 0. The van der Waals surface area contributed by atoms with Crippen molar-refractivity contribution in [1.29, 1.82) is 0 Å². The first kappa shape index (κ1) is 6.09. The van der Waals surface area contributed by atoms with E-state index >= 15 is 0 Å². The summed E-state index contributed by atoms with van der Waals surface area (Å²) < 4.78 is 0. The highest BCUT2D eigenvalue weighted by Crippen LogP contribution is 2.38. The van der Waals surface area contributed by atoms with Crippen LogP contribution in [0.25, 0.3) is 0 Å². The van der Waals surface area contributed by atoms with Gasteiger partial charge in [-0.2, -0.15) is 0 Å². The van der Waals surface area contributed by atoms with Crippen molar-refractivity contribution in [3.8, 4) is 0 Å². The Hall–Kier alpha value is -0.0400. The van der Waals surface area contributed by atoms with E-state index in [9.17, 15) is 0 Å². The average Bonchev–Trinajstić information content (AvgIpc) is 1.67. The standard InChI is InChI=1S/C7H15N/c1-5-3-6(2)7(5)4-8/h5-7H,3-4,8H2,1-2H3. The topological polar surface area (TPSA) is 26.0 Å². The molecule has 8 heavy (non-hydrogen) atoms. The van der Waals surface area contributed by atoms with E-state index in [1.807, 2.05) is 0 Å². The number of hydrogen-bond donors (Lipinski definition) is 1. The molecule has 0 aliphatic heterocycles. The van der Waals surface area contributed by atoms with Crippen LogP contribution in [-0.4, -0.2) is 6.54 Å². The fraction of sp³-hybridized carbons (Fsp3) is 1.00. The van der Waals surface area contributed by atoms with Crippen molar-refractivity contribution in [2.45, 2.75) is 20.3 Å². The molecular weight excluding hydrogens is 98.1 g/mol. The van der Waals surface area contributed by atoms with Crippen LogP contribution in [0.3, 0.4) is 0 Å². The molecule has 1 fully saturated rings. The van der Waals surface area contributed by atoms with Gasteiger partial charge in [0.25, 0.3) is 0 Å². The van der Waals surface area contributed by atoms with Crippen LogP contribution >= 0.6 is 0 Å². The van der Waals surface area contributed by atoms with Crippen LogP contribution in [0.15, 0.2) is 0 Å². The van der Waals surface area contributed by atoms with E-state index in [0.29, 0.717) is 0 Å². The third-order valence-electron chi connectivity index (χ3n) is 2.48. The maximum absolute atomic E-state index is 5.51. The van der Waals surface area contributed by atoms with E-state index in [1.54, 1.807) is 0 Å². The van der Waals surface area contributed by atoms with Gasteiger partial charge in [0.1, 0.15) is 0 Å². The summed E-state index contributed by atoms with van der Waals surface area (Å²) in [7, 11) is 0. The third kappa shape index (κ3) is 0.752. The van der Waals surface area contributed by atoms with Gasteiger partial charge in [-0.25, -0.2) is 0 Å². The summed E-state index contributed by atoms with van der Waals surface area (Å²) in [6.07, 6.45) is 1.39. The quantitative estimate of drug-likeness (QED) is 0.544. The Balaban J connectivity index is 2.29. The molecule has 0 aromatic rings. The fourth-order valence-electron chi connectivity index (χ4n) is 1.77. The normalized spacial score (nSPS) is 46.1. The van der Waals surface area contributed by atoms with Crippen LogP contribution in [0.2, 0.25) is 0 Å². The van der Waals surface area contributed by atoms with E-state index in [0.717, 1.165) is 24.3 Å². The Morgan fingerprint density at radius 2 is 1.88 bits per heavy atom. The fourth-order valence-corrected chi connectivity index (χ4v) is 1.77. The van der Waals surface area contributed by atoms with Crippen molar-refractivity contribution in [3.05, 3.63) is 0 Å². The van der Waals surface area contributed by atoms with Gasteiger partial charge in [0.2, 0.25) is 0 Å². The second-order valence-corrected chi connectivity index (χ2v) is 3.09. The molecule has 48 valence electrons. The van der Waals surface area contributed by atoms with Gasteiger partial charge in [0, 0.05) is 0 Å². The van der Waals surface area contributed by atoms with E-state index in [2.05, 4.69) is 13.8 Å². The van der Waals surface area contributed by atoms with Crippen molar-refractivity contribution < 1.29 is 0 Å². The summed E-state index contributed by atoms with van der Waals surface area (Å²) in [4.78, 5) is 0. The van der Waals surface area contributed by atoms with Crippen molar-refractivity contribution in [1.82, 2.24) is 0 Å². The Labute approximate surface area is 51.3 Å². The van der Waals surface area contributed by atoms with E-state index in [1.165, 1.54) is 6.42 Å². The maximum Gasteiger partial charge on any atom is -0.00438 e. The monoisotopic (exact) mass is 113 g/mol. The summed E-state index contributed by atoms with van der Waals surface area (Å²) >= 11 is 0. The smallest absolute Gasteiger partial charge is 0.00438 e. The maximum atomic E-state index is 5.51. The molecular formula is C7H15N. The lowest BCUT2D eigenvalue weighted by molar-refractivity contribution is 0.110. The van der Waals surface area contributed by atoms with Crippen molar-refractivity contribution in [2.75, 3.05) is 6.54 Å². The average molecular weight is 113 g/mol. The van der Waals surface area contributed by atoms with Gasteiger partial charge in [-0.05, 0) is 30.7 Å². The van der Waals surface area contributed by atoms with Crippen molar-refractivity contribution in [3.63, 3.8) is 0 Å².